The van der Waals surface area contributed by atoms with E-state index in [0.29, 0.717) is 17.1 Å². The average molecular weight is 403 g/mol. The predicted molar refractivity (Wildman–Crippen MR) is 107 cm³/mol. The lowest BCUT2D eigenvalue weighted by Gasteiger charge is -2.22. The van der Waals surface area contributed by atoms with Crippen LogP contribution in [0, 0.1) is 0 Å². The zero-order chi connectivity index (χ0) is 21.0. The molecule has 0 unspecified atom stereocenters. The highest BCUT2D eigenvalue weighted by Gasteiger charge is 2.49. The summed E-state index contributed by atoms with van der Waals surface area (Å²) in [5, 5.41) is 5.58. The van der Waals surface area contributed by atoms with Crippen molar-refractivity contribution in [1.29, 1.82) is 0 Å². The Kier molecular flexibility index (Phi) is 6.30. The molecule has 1 aromatic rings. The maximum Gasteiger partial charge on any atom is 0.325 e. The van der Waals surface area contributed by atoms with E-state index in [2.05, 4.69) is 17.6 Å². The molecule has 158 valence electrons. The van der Waals surface area contributed by atoms with E-state index in [9.17, 15) is 14.4 Å². The van der Waals surface area contributed by atoms with Crippen molar-refractivity contribution >= 4 is 17.8 Å². The fraction of sp³-hybridized carbons (Fsp3) is 0.571. The first-order chi connectivity index (χ1) is 13.8. The largest absolute Gasteiger partial charge is 0.454 e. The van der Waals surface area contributed by atoms with Gasteiger partial charge in [0, 0.05) is 6.04 Å². The second-order valence-electron chi connectivity index (χ2n) is 7.83. The van der Waals surface area contributed by atoms with E-state index in [-0.39, 0.29) is 25.3 Å². The number of amides is 4. The molecule has 1 aromatic carbocycles. The maximum atomic E-state index is 13.0. The van der Waals surface area contributed by atoms with Crippen LogP contribution in [0.3, 0.4) is 0 Å². The quantitative estimate of drug-likeness (QED) is 0.488. The minimum atomic E-state index is -1.26. The monoisotopic (exact) mass is 403 g/mol. The van der Waals surface area contributed by atoms with E-state index in [1.165, 1.54) is 6.42 Å². The Hall–Kier alpha value is -2.77. The highest BCUT2D eigenvalue weighted by Crippen LogP contribution is 2.37. The van der Waals surface area contributed by atoms with Crippen LogP contribution in [0.1, 0.15) is 58.4 Å². The summed E-state index contributed by atoms with van der Waals surface area (Å²) in [4.78, 5) is 38.8. The van der Waals surface area contributed by atoms with Gasteiger partial charge < -0.3 is 20.1 Å². The highest BCUT2D eigenvalue weighted by atomic mass is 16.7. The summed E-state index contributed by atoms with van der Waals surface area (Å²) in [6.45, 7) is 5.54. The Bertz CT molecular complexity index is 797. The third-order valence-corrected chi connectivity index (χ3v) is 5.42. The zero-order valence-electron chi connectivity index (χ0n) is 17.2. The van der Waals surface area contributed by atoms with Gasteiger partial charge in [-0.2, -0.15) is 0 Å². The van der Waals surface area contributed by atoms with Gasteiger partial charge in [-0.1, -0.05) is 38.7 Å². The second kappa shape index (κ2) is 8.71. The van der Waals surface area contributed by atoms with Crippen molar-refractivity contribution in [2.24, 2.45) is 0 Å². The SMILES string of the molecule is CCCCCC[C@@H](C)NC(=O)CN1C(=O)N[C@](C)(c2ccc3c(c2)OCO3)C1=O. The van der Waals surface area contributed by atoms with Crippen LogP contribution < -0.4 is 20.1 Å². The molecule has 8 nitrogen and oxygen atoms in total. The minimum Gasteiger partial charge on any atom is -0.454 e. The fourth-order valence-corrected chi connectivity index (χ4v) is 3.66. The van der Waals surface area contributed by atoms with Crippen LogP contribution in [0.15, 0.2) is 18.2 Å². The number of benzene rings is 1. The summed E-state index contributed by atoms with van der Waals surface area (Å²) in [6.07, 6.45) is 5.40. The first-order valence-corrected chi connectivity index (χ1v) is 10.2. The predicted octanol–water partition coefficient (Wildman–Crippen LogP) is 2.66. The molecule has 2 atom stereocenters. The summed E-state index contributed by atoms with van der Waals surface area (Å²) in [5.41, 5.74) is -0.684. The number of urea groups is 1. The first kappa shape index (κ1) is 21.0. The van der Waals surface area contributed by atoms with Crippen LogP contribution >= 0.6 is 0 Å². The third-order valence-electron chi connectivity index (χ3n) is 5.42. The maximum absolute atomic E-state index is 13.0. The molecule has 2 N–H and O–H groups in total. The smallest absolute Gasteiger partial charge is 0.325 e. The molecule has 3 rings (SSSR count). The summed E-state index contributed by atoms with van der Waals surface area (Å²) >= 11 is 0. The molecule has 0 saturated carbocycles. The molecule has 0 spiro atoms. The van der Waals surface area contributed by atoms with Gasteiger partial charge >= 0.3 is 6.03 Å². The fourth-order valence-electron chi connectivity index (χ4n) is 3.66. The minimum absolute atomic E-state index is 0.000339. The van der Waals surface area contributed by atoms with Crippen molar-refractivity contribution in [3.8, 4) is 11.5 Å². The standard InChI is InChI=1S/C21H29N3O5/c1-4-5-6-7-8-14(2)22-18(25)12-24-19(26)21(3,23-20(24)27)15-9-10-16-17(11-15)29-13-28-16/h9-11,14H,4-8,12-13H2,1-3H3,(H,22,25)(H,23,27)/t14-,21-/m1/s1. The Balaban J connectivity index is 1.60. The van der Waals surface area contributed by atoms with Gasteiger partial charge in [0.2, 0.25) is 12.7 Å². The van der Waals surface area contributed by atoms with E-state index in [0.717, 1.165) is 30.6 Å². The summed E-state index contributed by atoms with van der Waals surface area (Å²) < 4.78 is 10.7. The molecule has 2 heterocycles. The third kappa shape index (κ3) is 4.46. The van der Waals surface area contributed by atoms with Crippen molar-refractivity contribution in [1.82, 2.24) is 15.5 Å². The Morgan fingerprint density at radius 2 is 2.00 bits per heavy atom. The number of carbonyl (C=O) groups excluding carboxylic acids is 3. The normalized spacial score (nSPS) is 21.3. The van der Waals surface area contributed by atoms with Crippen LogP contribution in [0.5, 0.6) is 11.5 Å². The number of rotatable bonds is 9. The Morgan fingerprint density at radius 1 is 1.24 bits per heavy atom. The molecule has 1 saturated heterocycles. The van der Waals surface area contributed by atoms with Gasteiger partial charge in [-0.3, -0.25) is 14.5 Å². The molecule has 8 heteroatoms. The molecule has 4 amide bonds. The Labute approximate surface area is 170 Å². The second-order valence-corrected chi connectivity index (χ2v) is 7.83. The van der Waals surface area contributed by atoms with Gasteiger partial charge in [0.25, 0.3) is 5.91 Å². The molecule has 0 aliphatic carbocycles. The van der Waals surface area contributed by atoms with Gasteiger partial charge in [-0.25, -0.2) is 4.79 Å². The number of unbranched alkanes of at least 4 members (excludes halogenated alkanes) is 3. The number of hydrogen-bond acceptors (Lipinski definition) is 5. The number of carbonyl (C=O) groups is 3. The first-order valence-electron chi connectivity index (χ1n) is 10.2. The van der Waals surface area contributed by atoms with Gasteiger partial charge in [0.15, 0.2) is 11.5 Å². The van der Waals surface area contributed by atoms with E-state index in [1.54, 1.807) is 25.1 Å². The van der Waals surface area contributed by atoms with Gasteiger partial charge in [0.05, 0.1) is 0 Å². The number of nitrogens with zero attached hydrogens (tertiary/aromatic N) is 1. The molecule has 2 aliphatic heterocycles. The van der Waals surface area contributed by atoms with Crippen molar-refractivity contribution in [2.45, 2.75) is 64.5 Å². The van der Waals surface area contributed by atoms with E-state index in [4.69, 9.17) is 9.47 Å². The van der Waals surface area contributed by atoms with Gasteiger partial charge in [-0.05, 0) is 38.0 Å². The lowest BCUT2D eigenvalue weighted by molar-refractivity contribution is -0.135. The molecule has 0 aromatic heterocycles. The molecule has 1 fully saturated rings. The van der Waals surface area contributed by atoms with E-state index in [1.807, 2.05) is 6.92 Å². The lowest BCUT2D eigenvalue weighted by Crippen LogP contribution is -2.45. The van der Waals surface area contributed by atoms with Gasteiger partial charge in [0.1, 0.15) is 12.1 Å². The molecular weight excluding hydrogens is 374 g/mol. The number of fused-ring (bicyclic) bond motifs is 1. The Morgan fingerprint density at radius 3 is 2.76 bits per heavy atom. The van der Waals surface area contributed by atoms with Crippen molar-refractivity contribution in [3.05, 3.63) is 23.8 Å². The van der Waals surface area contributed by atoms with Crippen LogP contribution in [-0.2, 0) is 15.1 Å². The van der Waals surface area contributed by atoms with Crippen LogP contribution in [0.2, 0.25) is 0 Å². The number of imide groups is 1. The van der Waals surface area contributed by atoms with Crippen molar-refractivity contribution in [3.63, 3.8) is 0 Å². The average Bonchev–Trinajstić information content (AvgIpc) is 3.23. The molecule has 2 aliphatic rings. The molecule has 0 radical (unpaired) electrons. The number of ether oxygens (including phenoxy) is 2. The zero-order valence-corrected chi connectivity index (χ0v) is 17.2. The number of nitrogens with one attached hydrogen (secondary N) is 2. The molecule has 29 heavy (non-hydrogen) atoms. The topological polar surface area (TPSA) is 97.0 Å². The van der Waals surface area contributed by atoms with Crippen LogP contribution in [0.4, 0.5) is 4.79 Å². The van der Waals surface area contributed by atoms with Crippen LogP contribution in [-0.4, -0.2) is 42.1 Å². The summed E-state index contributed by atoms with van der Waals surface area (Å²) in [5.74, 6) is 0.315. The van der Waals surface area contributed by atoms with E-state index >= 15 is 0 Å². The summed E-state index contributed by atoms with van der Waals surface area (Å²) in [7, 11) is 0. The summed E-state index contributed by atoms with van der Waals surface area (Å²) in [6, 6.07) is 4.52. The highest BCUT2D eigenvalue weighted by molar-refractivity contribution is 6.09. The van der Waals surface area contributed by atoms with Gasteiger partial charge in [-0.15, -0.1) is 0 Å². The molecule has 0 bridgehead atoms. The van der Waals surface area contributed by atoms with Crippen LogP contribution in [0.25, 0.3) is 0 Å². The lowest BCUT2D eigenvalue weighted by atomic mass is 9.91. The van der Waals surface area contributed by atoms with E-state index < -0.39 is 17.5 Å². The van der Waals surface area contributed by atoms with Crippen molar-refractivity contribution in [2.75, 3.05) is 13.3 Å². The molecular formula is C21H29N3O5. The number of hydrogen-bond donors (Lipinski definition) is 2. The van der Waals surface area contributed by atoms with Crippen molar-refractivity contribution < 1.29 is 23.9 Å².